The smallest absolute Gasteiger partial charge is 0.240 e. The molecule has 4 rings (SSSR count). The molecule has 2 unspecified atom stereocenters. The van der Waals surface area contributed by atoms with Crippen molar-refractivity contribution in [3.05, 3.63) is 106 Å². The number of nitrogens with zero attached hydrogens (tertiary/aromatic N) is 3. The molecule has 1 heterocycles. The third-order valence-corrected chi connectivity index (χ3v) is 6.59. The molecule has 0 aliphatic carbocycles. The summed E-state index contributed by atoms with van der Waals surface area (Å²) in [4.78, 5) is 17.1. The number of nitrogens with two attached hydrogens (primary N) is 1. The molecule has 0 saturated heterocycles. The molecule has 0 radical (unpaired) electrons. The summed E-state index contributed by atoms with van der Waals surface area (Å²) in [6.07, 6.45) is 0. The highest BCUT2D eigenvalue weighted by molar-refractivity contribution is 6.31. The van der Waals surface area contributed by atoms with Crippen LogP contribution in [-0.4, -0.2) is 35.2 Å². The lowest BCUT2D eigenvalue weighted by atomic mass is 9.91. The molecule has 36 heavy (non-hydrogen) atoms. The highest BCUT2D eigenvalue weighted by Crippen LogP contribution is 2.29. The molecule has 0 aromatic heterocycles. The standard InChI is InChI=1S/C28H29Cl2N5O/c1-18(2)25(27(31)36)33-28(32-16-19-8-12-22(29)13-9-19)35-17-24(20-6-4-3-5-7-20)26(34-35)21-10-14-23(30)15-11-21/h3-15,18,24-25H,16-17H2,1-2H3,(H2,31,36)(H,32,33). The van der Waals surface area contributed by atoms with Gasteiger partial charge in [-0.3, -0.25) is 4.79 Å². The number of nitrogens with one attached hydrogen (secondary N) is 1. The first-order valence-corrected chi connectivity index (χ1v) is 12.6. The molecule has 6 nitrogen and oxygen atoms in total. The van der Waals surface area contributed by atoms with E-state index in [-0.39, 0.29) is 11.8 Å². The molecule has 0 saturated carbocycles. The number of primary amides is 1. The Kier molecular flexibility index (Phi) is 8.28. The van der Waals surface area contributed by atoms with Crippen LogP contribution in [0, 0.1) is 5.92 Å². The van der Waals surface area contributed by atoms with E-state index < -0.39 is 11.9 Å². The van der Waals surface area contributed by atoms with Gasteiger partial charge in [0.2, 0.25) is 11.9 Å². The number of benzene rings is 3. The van der Waals surface area contributed by atoms with Crippen LogP contribution in [0.3, 0.4) is 0 Å². The van der Waals surface area contributed by atoms with E-state index >= 15 is 0 Å². The van der Waals surface area contributed by atoms with E-state index in [0.717, 1.165) is 22.4 Å². The highest BCUT2D eigenvalue weighted by Gasteiger charge is 2.33. The third-order valence-electron chi connectivity index (χ3n) is 6.08. The van der Waals surface area contributed by atoms with Gasteiger partial charge in [0.05, 0.1) is 18.8 Å². The van der Waals surface area contributed by atoms with Gasteiger partial charge in [-0.2, -0.15) is 5.10 Å². The van der Waals surface area contributed by atoms with E-state index in [1.165, 1.54) is 0 Å². The quantitative estimate of drug-likeness (QED) is 0.320. The largest absolute Gasteiger partial charge is 0.368 e. The third kappa shape index (κ3) is 6.25. The Morgan fingerprint density at radius 3 is 2.22 bits per heavy atom. The van der Waals surface area contributed by atoms with Crippen LogP contribution in [0.5, 0.6) is 0 Å². The van der Waals surface area contributed by atoms with Crippen LogP contribution < -0.4 is 11.1 Å². The molecule has 2 atom stereocenters. The summed E-state index contributed by atoms with van der Waals surface area (Å²) >= 11 is 12.2. The number of carbonyl (C=O) groups excluding carboxylic acids is 1. The van der Waals surface area contributed by atoms with Gasteiger partial charge < -0.3 is 11.1 Å². The second kappa shape index (κ2) is 11.6. The highest BCUT2D eigenvalue weighted by atomic mass is 35.5. The van der Waals surface area contributed by atoms with Crippen LogP contribution in [0.15, 0.2) is 89.0 Å². The van der Waals surface area contributed by atoms with Gasteiger partial charge in [0, 0.05) is 16.0 Å². The molecule has 1 aliphatic rings. The number of halogens is 2. The Morgan fingerprint density at radius 1 is 1.03 bits per heavy atom. The van der Waals surface area contributed by atoms with E-state index in [4.69, 9.17) is 39.0 Å². The predicted molar refractivity (Wildman–Crippen MR) is 147 cm³/mol. The van der Waals surface area contributed by atoms with E-state index in [1.54, 1.807) is 0 Å². The fourth-order valence-electron chi connectivity index (χ4n) is 4.13. The van der Waals surface area contributed by atoms with E-state index in [2.05, 4.69) is 17.4 Å². The Hall–Kier alpha value is -3.35. The summed E-state index contributed by atoms with van der Waals surface area (Å²) in [7, 11) is 0. The number of hydrogen-bond acceptors (Lipinski definition) is 3. The van der Waals surface area contributed by atoms with Gasteiger partial charge in [0.25, 0.3) is 0 Å². The van der Waals surface area contributed by atoms with Crippen molar-refractivity contribution < 1.29 is 4.79 Å². The summed E-state index contributed by atoms with van der Waals surface area (Å²) < 4.78 is 0. The number of rotatable bonds is 7. The summed E-state index contributed by atoms with van der Waals surface area (Å²) in [6, 6.07) is 24.8. The Labute approximate surface area is 221 Å². The van der Waals surface area contributed by atoms with Gasteiger partial charge in [0.15, 0.2) is 0 Å². The summed E-state index contributed by atoms with van der Waals surface area (Å²) in [5.41, 5.74) is 9.72. The molecular weight excluding hydrogens is 493 g/mol. The topological polar surface area (TPSA) is 83.1 Å². The van der Waals surface area contributed by atoms with Gasteiger partial charge in [-0.1, -0.05) is 91.6 Å². The van der Waals surface area contributed by atoms with E-state index in [9.17, 15) is 4.79 Å². The second-order valence-corrected chi connectivity index (χ2v) is 9.95. The average Bonchev–Trinajstić information content (AvgIpc) is 3.31. The van der Waals surface area contributed by atoms with Crippen LogP contribution in [0.4, 0.5) is 0 Å². The average molecular weight is 522 g/mol. The van der Waals surface area contributed by atoms with Crippen molar-refractivity contribution in [2.75, 3.05) is 6.54 Å². The van der Waals surface area contributed by atoms with Crippen molar-refractivity contribution in [1.29, 1.82) is 0 Å². The molecule has 0 fully saturated rings. The zero-order valence-electron chi connectivity index (χ0n) is 20.2. The maximum atomic E-state index is 12.2. The van der Waals surface area contributed by atoms with E-state index in [0.29, 0.717) is 29.1 Å². The number of hydrogen-bond donors (Lipinski definition) is 2. The number of amides is 1. The summed E-state index contributed by atoms with van der Waals surface area (Å²) in [5.74, 6) is 0.0219. The van der Waals surface area contributed by atoms with Crippen molar-refractivity contribution in [2.45, 2.75) is 32.4 Å². The molecule has 3 aromatic carbocycles. The number of aliphatic imine (C=N–C) groups is 1. The maximum Gasteiger partial charge on any atom is 0.240 e. The molecule has 0 spiro atoms. The van der Waals surface area contributed by atoms with Crippen LogP contribution in [0.25, 0.3) is 0 Å². The Balaban J connectivity index is 1.72. The van der Waals surface area contributed by atoms with Crippen molar-refractivity contribution in [2.24, 2.45) is 21.7 Å². The van der Waals surface area contributed by atoms with Crippen LogP contribution in [0.2, 0.25) is 10.0 Å². The van der Waals surface area contributed by atoms with E-state index in [1.807, 2.05) is 85.6 Å². The normalized spacial score (nSPS) is 16.7. The number of hydrazone groups is 1. The zero-order chi connectivity index (χ0) is 25.7. The zero-order valence-corrected chi connectivity index (χ0v) is 21.7. The molecular formula is C28H29Cl2N5O. The minimum Gasteiger partial charge on any atom is -0.368 e. The lowest BCUT2D eigenvalue weighted by Gasteiger charge is -2.25. The maximum absolute atomic E-state index is 12.2. The molecule has 1 amide bonds. The SMILES string of the molecule is CC(C)C(N/C(=N\Cc1ccc(Cl)cc1)N1CC(c2ccccc2)C(c2ccc(Cl)cc2)=N1)C(N)=O. The molecule has 1 aliphatic heterocycles. The first-order chi connectivity index (χ1) is 17.3. The van der Waals surface area contributed by atoms with Gasteiger partial charge >= 0.3 is 0 Å². The van der Waals surface area contributed by atoms with Crippen molar-refractivity contribution in [1.82, 2.24) is 10.3 Å². The fraction of sp³-hybridized carbons (Fsp3) is 0.250. The van der Waals surface area contributed by atoms with Crippen molar-refractivity contribution in [3.63, 3.8) is 0 Å². The lowest BCUT2D eigenvalue weighted by Crippen LogP contribution is -2.51. The number of carbonyl (C=O) groups is 1. The molecule has 0 bridgehead atoms. The predicted octanol–water partition coefficient (Wildman–Crippen LogP) is 5.45. The lowest BCUT2D eigenvalue weighted by molar-refractivity contribution is -0.120. The first kappa shape index (κ1) is 25.7. The minimum absolute atomic E-state index is 0.000912. The van der Waals surface area contributed by atoms with Gasteiger partial charge in [0.1, 0.15) is 6.04 Å². The summed E-state index contributed by atoms with van der Waals surface area (Å²) in [6.45, 7) is 4.83. The van der Waals surface area contributed by atoms with Crippen LogP contribution in [0.1, 0.15) is 36.5 Å². The molecule has 8 heteroatoms. The monoisotopic (exact) mass is 521 g/mol. The van der Waals surface area contributed by atoms with Crippen molar-refractivity contribution in [3.8, 4) is 0 Å². The van der Waals surface area contributed by atoms with Gasteiger partial charge in [-0.25, -0.2) is 10.0 Å². The van der Waals surface area contributed by atoms with Gasteiger partial charge in [-0.05, 0) is 46.9 Å². The fourth-order valence-corrected chi connectivity index (χ4v) is 4.38. The minimum atomic E-state index is -0.598. The van der Waals surface area contributed by atoms with Gasteiger partial charge in [-0.15, -0.1) is 0 Å². The molecule has 3 aromatic rings. The Bertz CT molecular complexity index is 1240. The molecule has 186 valence electrons. The first-order valence-electron chi connectivity index (χ1n) is 11.8. The number of guanidine groups is 1. The molecule has 3 N–H and O–H groups in total. The van der Waals surface area contributed by atoms with Crippen LogP contribution in [-0.2, 0) is 11.3 Å². The Morgan fingerprint density at radius 2 is 1.64 bits per heavy atom. The summed E-state index contributed by atoms with van der Waals surface area (Å²) in [5, 5.41) is 11.4. The van der Waals surface area contributed by atoms with Crippen molar-refractivity contribution >= 4 is 40.8 Å². The van der Waals surface area contributed by atoms with Crippen LogP contribution >= 0.6 is 23.2 Å². The second-order valence-electron chi connectivity index (χ2n) is 9.07.